The van der Waals surface area contributed by atoms with Crippen molar-refractivity contribution in [1.29, 1.82) is 0 Å². The summed E-state index contributed by atoms with van der Waals surface area (Å²) in [7, 11) is 0. The highest BCUT2D eigenvalue weighted by Crippen LogP contribution is 2.25. The van der Waals surface area contributed by atoms with Crippen LogP contribution in [-0.2, 0) is 11.1 Å². The van der Waals surface area contributed by atoms with Crippen LogP contribution >= 0.6 is 15.9 Å². The molecular formula is C12H8BrO3S-. The van der Waals surface area contributed by atoms with Gasteiger partial charge in [-0.1, -0.05) is 28.1 Å². The van der Waals surface area contributed by atoms with E-state index in [1.807, 2.05) is 12.1 Å². The molecule has 0 saturated carbocycles. The lowest BCUT2D eigenvalue weighted by Crippen LogP contribution is -1.90. The van der Waals surface area contributed by atoms with Gasteiger partial charge in [-0.15, -0.1) is 0 Å². The maximum absolute atomic E-state index is 10.8. The Morgan fingerprint density at radius 1 is 1.06 bits per heavy atom. The van der Waals surface area contributed by atoms with E-state index in [1.54, 1.807) is 24.3 Å². The second-order valence-corrected chi connectivity index (χ2v) is 5.13. The Morgan fingerprint density at radius 3 is 2.35 bits per heavy atom. The molecule has 0 aromatic heterocycles. The Hall–Kier alpha value is -1.17. The van der Waals surface area contributed by atoms with E-state index >= 15 is 0 Å². The monoisotopic (exact) mass is 311 g/mol. The van der Waals surface area contributed by atoms with Gasteiger partial charge in [-0.25, -0.2) is 0 Å². The fraction of sp³-hybridized carbons (Fsp3) is 0. The zero-order valence-electron chi connectivity index (χ0n) is 8.63. The summed E-state index contributed by atoms with van der Waals surface area (Å²) >= 11 is 1.09. The average Bonchev–Trinajstić information content (AvgIpc) is 2.29. The normalized spacial score (nSPS) is 12.1. The van der Waals surface area contributed by atoms with E-state index in [2.05, 4.69) is 15.9 Å². The molecule has 0 amide bonds. The molecule has 2 aromatic carbocycles. The molecule has 0 N–H and O–H groups in total. The highest BCUT2D eigenvalue weighted by Gasteiger charge is 2.00. The van der Waals surface area contributed by atoms with Gasteiger partial charge in [-0.2, -0.15) is 0 Å². The number of ether oxygens (including phenoxy) is 1. The van der Waals surface area contributed by atoms with Crippen molar-refractivity contribution in [3.63, 3.8) is 0 Å². The molecule has 1 unspecified atom stereocenters. The summed E-state index contributed by atoms with van der Waals surface area (Å²) < 4.78 is 28.0. The van der Waals surface area contributed by atoms with Gasteiger partial charge in [0.1, 0.15) is 11.5 Å². The minimum atomic E-state index is -2.24. The third-order valence-corrected chi connectivity index (χ3v) is 3.16. The zero-order chi connectivity index (χ0) is 12.3. The first kappa shape index (κ1) is 12.3. The molecule has 0 heterocycles. The molecule has 0 bridgehead atoms. The molecule has 0 spiro atoms. The number of hydrogen-bond donors (Lipinski definition) is 0. The second-order valence-electron chi connectivity index (χ2n) is 3.27. The molecule has 2 rings (SSSR count). The molecule has 0 aliphatic carbocycles. The summed E-state index contributed by atoms with van der Waals surface area (Å²) in [5.74, 6) is 1.14. The number of rotatable bonds is 3. The summed E-state index contributed by atoms with van der Waals surface area (Å²) in [6.45, 7) is 0. The molecule has 5 heteroatoms. The fourth-order valence-corrected chi connectivity index (χ4v) is 2.09. The van der Waals surface area contributed by atoms with E-state index in [0.717, 1.165) is 4.47 Å². The van der Waals surface area contributed by atoms with E-state index in [9.17, 15) is 8.76 Å². The van der Waals surface area contributed by atoms with Gasteiger partial charge in [0.15, 0.2) is 0 Å². The SMILES string of the molecule is O=S([O-])c1cccc(Oc2cccc(Br)c2)c1. The maximum Gasteiger partial charge on any atom is 0.128 e. The van der Waals surface area contributed by atoms with Gasteiger partial charge in [-0.05, 0) is 47.5 Å². The predicted molar refractivity (Wildman–Crippen MR) is 67.8 cm³/mol. The molecular weight excluding hydrogens is 304 g/mol. The maximum atomic E-state index is 10.8. The van der Waals surface area contributed by atoms with Crippen LogP contribution in [0.2, 0.25) is 0 Å². The topological polar surface area (TPSA) is 49.4 Å². The lowest BCUT2D eigenvalue weighted by Gasteiger charge is -2.09. The first-order valence-electron chi connectivity index (χ1n) is 4.78. The zero-order valence-corrected chi connectivity index (χ0v) is 11.0. The van der Waals surface area contributed by atoms with Crippen molar-refractivity contribution in [2.24, 2.45) is 0 Å². The van der Waals surface area contributed by atoms with Crippen LogP contribution < -0.4 is 4.74 Å². The molecule has 0 aliphatic rings. The van der Waals surface area contributed by atoms with Gasteiger partial charge in [0.25, 0.3) is 0 Å². The van der Waals surface area contributed by atoms with Crippen molar-refractivity contribution in [2.45, 2.75) is 4.90 Å². The predicted octanol–water partition coefficient (Wildman–Crippen LogP) is 3.48. The average molecular weight is 312 g/mol. The molecule has 0 fully saturated rings. The summed E-state index contributed by atoms with van der Waals surface area (Å²) in [5, 5.41) is 0. The van der Waals surface area contributed by atoms with E-state index in [4.69, 9.17) is 4.74 Å². The molecule has 0 saturated heterocycles. The lowest BCUT2D eigenvalue weighted by molar-refractivity contribution is 0.479. The van der Waals surface area contributed by atoms with Crippen LogP contribution in [-0.4, -0.2) is 8.76 Å². The largest absolute Gasteiger partial charge is 0.768 e. The summed E-state index contributed by atoms with van der Waals surface area (Å²) in [5.41, 5.74) is 0. The van der Waals surface area contributed by atoms with Gasteiger partial charge >= 0.3 is 0 Å². The Bertz CT molecular complexity index is 557. The van der Waals surface area contributed by atoms with Crippen molar-refractivity contribution in [3.05, 3.63) is 53.0 Å². The van der Waals surface area contributed by atoms with Gasteiger partial charge < -0.3 is 9.29 Å². The molecule has 0 aliphatic heterocycles. The fourth-order valence-electron chi connectivity index (χ4n) is 1.31. The Kier molecular flexibility index (Phi) is 3.93. The lowest BCUT2D eigenvalue weighted by atomic mass is 10.3. The Morgan fingerprint density at radius 2 is 1.71 bits per heavy atom. The third kappa shape index (κ3) is 3.39. The summed E-state index contributed by atoms with van der Waals surface area (Å²) in [4.78, 5) is 0.206. The van der Waals surface area contributed by atoms with E-state index in [1.165, 1.54) is 12.1 Å². The van der Waals surface area contributed by atoms with Crippen molar-refractivity contribution in [2.75, 3.05) is 0 Å². The smallest absolute Gasteiger partial charge is 0.128 e. The molecule has 1 atom stereocenters. The Balaban J connectivity index is 2.24. The van der Waals surface area contributed by atoms with E-state index in [0.29, 0.717) is 11.5 Å². The Labute approximate surface area is 110 Å². The van der Waals surface area contributed by atoms with Crippen LogP contribution in [0.5, 0.6) is 11.5 Å². The van der Waals surface area contributed by atoms with Crippen LogP contribution in [0.25, 0.3) is 0 Å². The summed E-state index contributed by atoms with van der Waals surface area (Å²) in [6, 6.07) is 13.7. The van der Waals surface area contributed by atoms with Gasteiger partial charge in [-0.3, -0.25) is 4.21 Å². The second kappa shape index (κ2) is 5.44. The van der Waals surface area contributed by atoms with Crippen LogP contribution in [0, 0.1) is 0 Å². The highest BCUT2D eigenvalue weighted by molar-refractivity contribution is 9.10. The van der Waals surface area contributed by atoms with Crippen molar-refractivity contribution >= 4 is 27.0 Å². The molecule has 0 radical (unpaired) electrons. The molecule has 17 heavy (non-hydrogen) atoms. The number of hydrogen-bond acceptors (Lipinski definition) is 3. The quantitative estimate of drug-likeness (QED) is 0.815. The molecule has 2 aromatic rings. The van der Waals surface area contributed by atoms with Crippen molar-refractivity contribution < 1.29 is 13.5 Å². The minimum Gasteiger partial charge on any atom is -0.768 e. The van der Waals surface area contributed by atoms with Crippen molar-refractivity contribution in [1.82, 2.24) is 0 Å². The number of halogens is 1. The third-order valence-electron chi connectivity index (χ3n) is 2.03. The van der Waals surface area contributed by atoms with Crippen LogP contribution in [0.4, 0.5) is 0 Å². The first-order chi connectivity index (χ1) is 8.15. The summed E-state index contributed by atoms with van der Waals surface area (Å²) in [6.07, 6.45) is 0. The minimum absolute atomic E-state index is 0.206. The van der Waals surface area contributed by atoms with Gasteiger partial charge in [0.2, 0.25) is 0 Å². The van der Waals surface area contributed by atoms with Gasteiger partial charge in [0.05, 0.1) is 0 Å². The first-order valence-corrected chi connectivity index (χ1v) is 6.65. The molecule has 3 nitrogen and oxygen atoms in total. The van der Waals surface area contributed by atoms with Crippen LogP contribution in [0.15, 0.2) is 57.9 Å². The number of benzene rings is 2. The van der Waals surface area contributed by atoms with E-state index < -0.39 is 11.1 Å². The molecule has 88 valence electrons. The standard InChI is InChI=1S/C12H9BrO3S/c13-9-3-1-4-10(7-9)16-11-5-2-6-12(8-11)17(14)15/h1-8H,(H,14,15)/p-1. The van der Waals surface area contributed by atoms with Gasteiger partial charge in [0, 0.05) is 9.37 Å². The van der Waals surface area contributed by atoms with Crippen LogP contribution in [0.3, 0.4) is 0 Å². The van der Waals surface area contributed by atoms with E-state index in [-0.39, 0.29) is 4.90 Å². The highest BCUT2D eigenvalue weighted by atomic mass is 79.9. The van der Waals surface area contributed by atoms with Crippen LogP contribution in [0.1, 0.15) is 0 Å². The van der Waals surface area contributed by atoms with Crippen molar-refractivity contribution in [3.8, 4) is 11.5 Å².